The molecule has 278 valence electrons. The van der Waals surface area contributed by atoms with Gasteiger partial charge < -0.3 is 25.6 Å². The highest BCUT2D eigenvalue weighted by Gasteiger charge is 2.18. The van der Waals surface area contributed by atoms with Gasteiger partial charge in [0.05, 0.1) is 13.2 Å². The number of hydrogen-bond acceptors (Lipinski definition) is 6. The monoisotopic (exact) mass is 686 g/mol. The summed E-state index contributed by atoms with van der Waals surface area (Å²) >= 11 is 0. The van der Waals surface area contributed by atoms with Crippen LogP contribution in [0.25, 0.3) is 0 Å². The third-order valence-corrected chi connectivity index (χ3v) is 7.73. The van der Waals surface area contributed by atoms with Crippen molar-refractivity contribution in [3.05, 3.63) is 60.8 Å². The number of hydrogen-bond donors (Lipinski definition) is 4. The molecule has 0 aliphatic rings. The third-order valence-electron chi connectivity index (χ3n) is 7.73. The lowest BCUT2D eigenvalue weighted by molar-refractivity contribution is -0.147. The van der Waals surface area contributed by atoms with E-state index in [2.05, 4.69) is 79.2 Å². The highest BCUT2D eigenvalue weighted by Crippen LogP contribution is 2.14. The van der Waals surface area contributed by atoms with Crippen molar-refractivity contribution >= 4 is 23.8 Å². The van der Waals surface area contributed by atoms with Gasteiger partial charge in [0.1, 0.15) is 12.1 Å². The van der Waals surface area contributed by atoms with Gasteiger partial charge in [-0.05, 0) is 83.1 Å². The van der Waals surface area contributed by atoms with Gasteiger partial charge in [0.25, 0.3) is 0 Å². The lowest BCUT2D eigenvalue weighted by Gasteiger charge is -2.15. The highest BCUT2D eigenvalue weighted by atomic mass is 16.5. The van der Waals surface area contributed by atoms with E-state index >= 15 is 0 Å². The number of carboxylic acid groups (broad SMARTS) is 1. The molecule has 2 unspecified atom stereocenters. The first-order valence-electron chi connectivity index (χ1n) is 18.7. The molecule has 0 aromatic rings. The Bertz CT molecular complexity index is 1020. The van der Waals surface area contributed by atoms with Crippen molar-refractivity contribution in [2.45, 2.75) is 154 Å². The second-order valence-electron chi connectivity index (χ2n) is 12.3. The molecule has 49 heavy (non-hydrogen) atoms. The van der Waals surface area contributed by atoms with Crippen LogP contribution < -0.4 is 10.6 Å². The van der Waals surface area contributed by atoms with Gasteiger partial charge in [-0.3, -0.25) is 14.4 Å². The molecule has 2 atom stereocenters. The van der Waals surface area contributed by atoms with Crippen LogP contribution in [0.5, 0.6) is 0 Å². The Morgan fingerprint density at radius 2 is 1.22 bits per heavy atom. The maximum Gasteiger partial charge on any atom is 0.328 e. The Morgan fingerprint density at radius 3 is 1.86 bits per heavy atom. The van der Waals surface area contributed by atoms with Crippen LogP contribution in [0.4, 0.5) is 0 Å². The normalized spacial score (nSPS) is 13.2. The second-order valence-corrected chi connectivity index (χ2v) is 12.3. The predicted octanol–water partition coefficient (Wildman–Crippen LogP) is 8.20. The first-order chi connectivity index (χ1) is 23.8. The SMILES string of the molecule is CC/C=C\C/C=C\C/C=C\C/C=C\CCCCCCC(=O)OC(/C=C\CCCCC)CCCCCCC(=O)NCC(=O)NC(CO)C(=O)O. The Kier molecular flexibility index (Phi) is 32.0. The molecule has 0 aromatic heterocycles. The van der Waals surface area contributed by atoms with Crippen LogP contribution in [0.15, 0.2) is 60.8 Å². The minimum atomic E-state index is -1.39. The van der Waals surface area contributed by atoms with Crippen molar-refractivity contribution in [1.29, 1.82) is 0 Å². The summed E-state index contributed by atoms with van der Waals surface area (Å²) in [5.74, 6) is -2.44. The fourth-order valence-corrected chi connectivity index (χ4v) is 4.85. The van der Waals surface area contributed by atoms with E-state index in [4.69, 9.17) is 14.9 Å². The smallest absolute Gasteiger partial charge is 0.328 e. The van der Waals surface area contributed by atoms with Crippen LogP contribution in [0.3, 0.4) is 0 Å². The fourth-order valence-electron chi connectivity index (χ4n) is 4.85. The average molecular weight is 687 g/mol. The zero-order chi connectivity index (χ0) is 36.2. The largest absolute Gasteiger partial charge is 0.480 e. The van der Waals surface area contributed by atoms with Crippen LogP contribution in [0.1, 0.15) is 142 Å². The van der Waals surface area contributed by atoms with Crippen LogP contribution in [0, 0.1) is 0 Å². The molecule has 0 rings (SSSR count). The molecule has 9 nitrogen and oxygen atoms in total. The Labute approximate surface area is 296 Å². The van der Waals surface area contributed by atoms with E-state index in [-0.39, 0.29) is 30.9 Å². The van der Waals surface area contributed by atoms with Gasteiger partial charge in [-0.15, -0.1) is 0 Å². The number of aliphatic carboxylic acids is 1. The molecule has 4 N–H and O–H groups in total. The summed E-state index contributed by atoms with van der Waals surface area (Å²) in [6, 6.07) is -1.39. The van der Waals surface area contributed by atoms with E-state index in [0.717, 1.165) is 103 Å². The molecule has 9 heteroatoms. The number of carboxylic acids is 1. The molecule has 0 aliphatic carbocycles. The van der Waals surface area contributed by atoms with E-state index in [0.29, 0.717) is 12.8 Å². The van der Waals surface area contributed by atoms with Gasteiger partial charge in [-0.1, -0.05) is 107 Å². The summed E-state index contributed by atoms with van der Waals surface area (Å²) in [6.45, 7) is 3.25. The van der Waals surface area contributed by atoms with Gasteiger partial charge in [-0.2, -0.15) is 0 Å². The summed E-state index contributed by atoms with van der Waals surface area (Å²) in [4.78, 5) is 47.2. The lowest BCUT2D eigenvalue weighted by Crippen LogP contribution is -2.47. The molecule has 0 aromatic carbocycles. The van der Waals surface area contributed by atoms with E-state index in [1.807, 2.05) is 6.08 Å². The Hall–Kier alpha value is -3.46. The van der Waals surface area contributed by atoms with Crippen molar-refractivity contribution in [2.24, 2.45) is 0 Å². The van der Waals surface area contributed by atoms with Crippen LogP contribution in [-0.4, -0.2) is 59.3 Å². The molecule has 0 fully saturated rings. The zero-order valence-corrected chi connectivity index (χ0v) is 30.4. The minimum Gasteiger partial charge on any atom is -0.480 e. The van der Waals surface area contributed by atoms with E-state index in [1.54, 1.807) is 0 Å². The molecule has 0 saturated heterocycles. The second kappa shape index (κ2) is 34.4. The van der Waals surface area contributed by atoms with Crippen molar-refractivity contribution < 1.29 is 34.1 Å². The Balaban J connectivity index is 4.20. The number of amides is 2. The van der Waals surface area contributed by atoms with Crippen molar-refractivity contribution in [3.63, 3.8) is 0 Å². The predicted molar refractivity (Wildman–Crippen MR) is 199 cm³/mol. The first-order valence-corrected chi connectivity index (χ1v) is 18.7. The quantitative estimate of drug-likeness (QED) is 0.0318. The van der Waals surface area contributed by atoms with Gasteiger partial charge >= 0.3 is 11.9 Å². The van der Waals surface area contributed by atoms with Gasteiger partial charge in [0.2, 0.25) is 11.8 Å². The minimum absolute atomic E-state index is 0.142. The number of allylic oxidation sites excluding steroid dienone is 9. The van der Waals surface area contributed by atoms with Crippen molar-refractivity contribution in [1.82, 2.24) is 10.6 Å². The van der Waals surface area contributed by atoms with Gasteiger partial charge in [0.15, 0.2) is 0 Å². The molecular formula is C40H66N2O7. The molecule has 2 amide bonds. The summed E-state index contributed by atoms with van der Waals surface area (Å²) in [6.07, 6.45) is 39.9. The number of aliphatic hydroxyl groups excluding tert-OH is 1. The summed E-state index contributed by atoms with van der Waals surface area (Å²) < 4.78 is 5.83. The van der Waals surface area contributed by atoms with Crippen molar-refractivity contribution in [2.75, 3.05) is 13.2 Å². The lowest BCUT2D eigenvalue weighted by atomic mass is 10.1. The molecule has 0 heterocycles. The van der Waals surface area contributed by atoms with Crippen molar-refractivity contribution in [3.8, 4) is 0 Å². The third kappa shape index (κ3) is 31.6. The molecule has 0 spiro atoms. The fraction of sp³-hybridized carbons (Fsp3) is 0.650. The number of carbonyl (C=O) groups is 4. The maximum absolute atomic E-state index is 12.6. The maximum atomic E-state index is 12.6. The number of ether oxygens (including phenoxy) is 1. The number of unbranched alkanes of at least 4 members (excludes halogenated alkanes) is 10. The topological polar surface area (TPSA) is 142 Å². The zero-order valence-electron chi connectivity index (χ0n) is 30.4. The average Bonchev–Trinajstić information content (AvgIpc) is 3.08. The van der Waals surface area contributed by atoms with Gasteiger partial charge in [-0.25, -0.2) is 4.79 Å². The first kappa shape index (κ1) is 45.5. The van der Waals surface area contributed by atoms with Gasteiger partial charge in [0, 0.05) is 12.8 Å². The number of carbonyl (C=O) groups excluding carboxylic acids is 3. The summed E-state index contributed by atoms with van der Waals surface area (Å²) in [5.41, 5.74) is 0. The molecule has 0 bridgehead atoms. The Morgan fingerprint density at radius 1 is 0.653 bits per heavy atom. The highest BCUT2D eigenvalue weighted by molar-refractivity contribution is 5.87. The number of nitrogens with one attached hydrogen (secondary N) is 2. The van der Waals surface area contributed by atoms with Crippen LogP contribution >= 0.6 is 0 Å². The van der Waals surface area contributed by atoms with Crippen LogP contribution in [-0.2, 0) is 23.9 Å². The summed E-state index contributed by atoms with van der Waals surface area (Å²) in [7, 11) is 0. The molecule has 0 saturated carbocycles. The standard InChI is InChI=1S/C40H66N2O7/c1-3-5-7-9-10-11-12-13-14-15-16-17-18-19-20-22-28-32-39(46)49-35(29-25-21-8-6-4-2)30-26-23-24-27-31-37(44)41-33-38(45)42-36(34-43)40(47)48/h5,7,10-11,13-14,16-17,25,29,35-36,43H,3-4,6,8-9,12,15,18-24,26-28,30-34H2,1-2H3,(H,41,44)(H,42,45)(H,47,48)/b7-5-,11-10-,14-13-,17-16-,29-25-. The van der Waals surface area contributed by atoms with Crippen LogP contribution in [0.2, 0.25) is 0 Å². The van der Waals surface area contributed by atoms with E-state index in [1.165, 1.54) is 6.42 Å². The molecule has 0 radical (unpaired) electrons. The van der Waals surface area contributed by atoms with E-state index in [9.17, 15) is 19.2 Å². The molecular weight excluding hydrogens is 620 g/mol. The van der Waals surface area contributed by atoms with E-state index < -0.39 is 24.5 Å². The number of rotatable bonds is 32. The summed E-state index contributed by atoms with van der Waals surface area (Å²) in [5, 5.41) is 22.4. The molecule has 0 aliphatic heterocycles. The number of esters is 1. The number of aliphatic hydroxyl groups is 1.